The van der Waals surface area contributed by atoms with Crippen molar-refractivity contribution in [2.24, 2.45) is 15.9 Å². The van der Waals surface area contributed by atoms with Crippen LogP contribution in [0.5, 0.6) is 5.88 Å². The van der Waals surface area contributed by atoms with Crippen LogP contribution in [0.25, 0.3) is 5.65 Å². The molecule has 35 heavy (non-hydrogen) atoms. The van der Waals surface area contributed by atoms with E-state index < -0.39 is 6.10 Å². The highest BCUT2D eigenvalue weighted by Gasteiger charge is 2.21. The highest BCUT2D eigenvalue weighted by Crippen LogP contribution is 2.27. The van der Waals surface area contributed by atoms with Crippen molar-refractivity contribution >= 4 is 23.5 Å². The Bertz CT molecular complexity index is 1320. The van der Waals surface area contributed by atoms with Gasteiger partial charge in [-0.1, -0.05) is 12.1 Å². The standard InChI is InChI=1S/C25H26FN7O2/c1-16(30-21-7-9-32(15-34)10-8-21)25(31-28)19-11-23-29-14-22(13-27)33(23)24(12-19)35-17(2)18-3-5-20(26)6-4-18/h3-6,11-12,14-15,17,21H,7-10,28H2,1-2H3/b30-16?,31-25+. The number of rotatable bonds is 7. The first-order chi connectivity index (χ1) is 16.9. The van der Waals surface area contributed by atoms with E-state index in [1.807, 2.05) is 13.8 Å². The Balaban J connectivity index is 1.68. The van der Waals surface area contributed by atoms with Crippen molar-refractivity contribution in [2.45, 2.75) is 38.8 Å². The van der Waals surface area contributed by atoms with E-state index in [4.69, 9.17) is 15.6 Å². The van der Waals surface area contributed by atoms with E-state index in [1.165, 1.54) is 18.3 Å². The van der Waals surface area contributed by atoms with Crippen LogP contribution in [0.15, 0.2) is 52.7 Å². The molecule has 3 heterocycles. The lowest BCUT2D eigenvalue weighted by Crippen LogP contribution is -2.34. The second-order valence-corrected chi connectivity index (χ2v) is 8.41. The minimum Gasteiger partial charge on any atom is -0.471 e. The summed E-state index contributed by atoms with van der Waals surface area (Å²) < 4.78 is 21.2. The highest BCUT2D eigenvalue weighted by atomic mass is 19.1. The fourth-order valence-electron chi connectivity index (χ4n) is 4.20. The first-order valence-electron chi connectivity index (χ1n) is 11.3. The number of nitrogens with two attached hydrogens (primary N) is 1. The van der Waals surface area contributed by atoms with Gasteiger partial charge in [0.15, 0.2) is 0 Å². The van der Waals surface area contributed by atoms with E-state index in [9.17, 15) is 14.4 Å². The Kier molecular flexibility index (Phi) is 7.06. The Morgan fingerprint density at radius 3 is 2.66 bits per heavy atom. The van der Waals surface area contributed by atoms with Crippen LogP contribution in [0, 0.1) is 17.1 Å². The monoisotopic (exact) mass is 475 g/mol. The van der Waals surface area contributed by atoms with Gasteiger partial charge in [0.2, 0.25) is 12.3 Å². The number of fused-ring (bicyclic) bond motifs is 1. The third-order valence-corrected chi connectivity index (χ3v) is 6.09. The Hall–Kier alpha value is -4.26. The molecule has 1 fully saturated rings. The lowest BCUT2D eigenvalue weighted by molar-refractivity contribution is -0.119. The SMILES string of the molecule is CC(=NC1CCN(C=O)CC1)/C(=N\N)c1cc(OC(C)c2ccc(F)cc2)n2c(C#N)cnc2c1. The number of amides is 1. The molecule has 0 aliphatic carbocycles. The number of ether oxygens (including phenoxy) is 1. The number of aliphatic imine (C=N–C) groups is 1. The van der Waals surface area contributed by atoms with E-state index in [-0.39, 0.29) is 11.9 Å². The van der Waals surface area contributed by atoms with Crippen LogP contribution in [0.3, 0.4) is 0 Å². The molecule has 1 saturated heterocycles. The summed E-state index contributed by atoms with van der Waals surface area (Å²) >= 11 is 0. The number of likely N-dealkylation sites (tertiary alicyclic amines) is 1. The minimum absolute atomic E-state index is 0.0671. The second-order valence-electron chi connectivity index (χ2n) is 8.41. The summed E-state index contributed by atoms with van der Waals surface area (Å²) in [7, 11) is 0. The van der Waals surface area contributed by atoms with Gasteiger partial charge >= 0.3 is 0 Å². The summed E-state index contributed by atoms with van der Waals surface area (Å²) in [6.45, 7) is 5.01. The topological polar surface area (TPSA) is 121 Å². The number of nitriles is 1. The molecule has 4 rings (SSSR count). The van der Waals surface area contributed by atoms with E-state index in [2.05, 4.69) is 16.2 Å². The van der Waals surface area contributed by atoms with E-state index in [0.717, 1.165) is 24.8 Å². The maximum Gasteiger partial charge on any atom is 0.209 e. The molecule has 2 aromatic heterocycles. The van der Waals surface area contributed by atoms with Gasteiger partial charge in [-0.15, -0.1) is 0 Å². The van der Waals surface area contributed by atoms with Gasteiger partial charge in [0.1, 0.15) is 35.0 Å². The van der Waals surface area contributed by atoms with Crippen molar-refractivity contribution in [1.82, 2.24) is 14.3 Å². The van der Waals surface area contributed by atoms with E-state index in [0.29, 0.717) is 47.3 Å². The highest BCUT2D eigenvalue weighted by molar-refractivity contribution is 6.47. The van der Waals surface area contributed by atoms with Crippen LogP contribution in [0.2, 0.25) is 0 Å². The number of imidazole rings is 1. The molecule has 1 aliphatic heterocycles. The summed E-state index contributed by atoms with van der Waals surface area (Å²) in [6.07, 6.45) is 3.43. The Morgan fingerprint density at radius 1 is 1.31 bits per heavy atom. The lowest BCUT2D eigenvalue weighted by atomic mass is 10.0. The van der Waals surface area contributed by atoms with Crippen molar-refractivity contribution in [1.29, 1.82) is 5.26 Å². The molecule has 180 valence electrons. The van der Waals surface area contributed by atoms with Gasteiger partial charge in [0, 0.05) is 24.7 Å². The number of halogens is 1. The smallest absolute Gasteiger partial charge is 0.209 e. The number of carbonyl (C=O) groups is 1. The van der Waals surface area contributed by atoms with Crippen LogP contribution in [0.4, 0.5) is 4.39 Å². The summed E-state index contributed by atoms with van der Waals surface area (Å²) in [5.41, 5.74) is 3.36. The Morgan fingerprint density at radius 2 is 2.03 bits per heavy atom. The number of benzene rings is 1. The molecule has 1 aromatic carbocycles. The fraction of sp³-hybridized carbons (Fsp3) is 0.320. The number of piperidine rings is 1. The van der Waals surface area contributed by atoms with Crippen molar-refractivity contribution in [2.75, 3.05) is 13.1 Å². The number of hydrogen-bond acceptors (Lipinski definition) is 7. The third-order valence-electron chi connectivity index (χ3n) is 6.09. The largest absolute Gasteiger partial charge is 0.471 e. The summed E-state index contributed by atoms with van der Waals surface area (Å²) in [4.78, 5) is 21.9. The molecule has 0 saturated carbocycles. The maximum atomic E-state index is 13.4. The zero-order valence-corrected chi connectivity index (χ0v) is 19.6. The molecule has 0 bridgehead atoms. The predicted octanol–water partition coefficient (Wildman–Crippen LogP) is 3.23. The molecule has 9 nitrogen and oxygen atoms in total. The van der Waals surface area contributed by atoms with Crippen LogP contribution >= 0.6 is 0 Å². The van der Waals surface area contributed by atoms with Crippen LogP contribution < -0.4 is 10.6 Å². The van der Waals surface area contributed by atoms with Crippen molar-refractivity contribution < 1.29 is 13.9 Å². The van der Waals surface area contributed by atoms with E-state index >= 15 is 0 Å². The first-order valence-corrected chi connectivity index (χ1v) is 11.3. The van der Waals surface area contributed by atoms with Crippen molar-refractivity contribution in [3.05, 3.63) is 65.2 Å². The van der Waals surface area contributed by atoms with Crippen LogP contribution in [0.1, 0.15) is 49.6 Å². The number of hydrogen-bond donors (Lipinski definition) is 1. The van der Waals surface area contributed by atoms with Crippen LogP contribution in [-0.4, -0.2) is 51.2 Å². The summed E-state index contributed by atoms with van der Waals surface area (Å²) in [5, 5.41) is 13.6. The second kappa shape index (κ2) is 10.3. The van der Waals surface area contributed by atoms with Gasteiger partial charge in [-0.05, 0) is 50.5 Å². The quantitative estimate of drug-likeness (QED) is 0.243. The first kappa shape index (κ1) is 23.9. The molecule has 1 atom stereocenters. The third kappa shape index (κ3) is 5.14. The molecule has 0 radical (unpaired) electrons. The number of pyridine rings is 1. The molecular formula is C25H26FN7O2. The molecule has 3 aromatic rings. The molecule has 10 heteroatoms. The van der Waals surface area contributed by atoms with Gasteiger partial charge in [0.25, 0.3) is 0 Å². The molecule has 1 aliphatic rings. The van der Waals surface area contributed by atoms with Gasteiger partial charge < -0.3 is 15.5 Å². The maximum absolute atomic E-state index is 13.4. The number of hydrazone groups is 1. The average Bonchev–Trinajstić information content (AvgIpc) is 3.29. The molecular weight excluding hydrogens is 449 g/mol. The number of aromatic nitrogens is 2. The van der Waals surface area contributed by atoms with Crippen LogP contribution in [-0.2, 0) is 4.79 Å². The zero-order chi connectivity index (χ0) is 24.9. The molecule has 2 N–H and O–H groups in total. The summed E-state index contributed by atoms with van der Waals surface area (Å²) in [5.74, 6) is 5.82. The minimum atomic E-state index is -0.431. The number of carbonyl (C=O) groups excluding carboxylic acids is 1. The number of nitrogens with zero attached hydrogens (tertiary/aromatic N) is 6. The average molecular weight is 476 g/mol. The van der Waals surface area contributed by atoms with E-state index in [1.54, 1.807) is 33.6 Å². The van der Waals surface area contributed by atoms with Gasteiger partial charge in [-0.2, -0.15) is 10.4 Å². The van der Waals surface area contributed by atoms with Crippen molar-refractivity contribution in [3.8, 4) is 11.9 Å². The molecule has 1 unspecified atom stereocenters. The molecule has 1 amide bonds. The lowest BCUT2D eigenvalue weighted by Gasteiger charge is -2.27. The van der Waals surface area contributed by atoms with Gasteiger partial charge in [-0.3, -0.25) is 14.2 Å². The van der Waals surface area contributed by atoms with Crippen molar-refractivity contribution in [3.63, 3.8) is 0 Å². The summed E-state index contributed by atoms with van der Waals surface area (Å²) in [6, 6.07) is 11.8. The van der Waals surface area contributed by atoms with Gasteiger partial charge in [-0.25, -0.2) is 9.37 Å². The predicted molar refractivity (Wildman–Crippen MR) is 130 cm³/mol. The Labute approximate surface area is 202 Å². The molecule has 0 spiro atoms. The normalized spacial score (nSPS) is 16.2. The van der Waals surface area contributed by atoms with Gasteiger partial charge in [0.05, 0.1) is 18.0 Å². The zero-order valence-electron chi connectivity index (χ0n) is 19.6. The fourth-order valence-corrected chi connectivity index (χ4v) is 4.20.